The summed E-state index contributed by atoms with van der Waals surface area (Å²) in [7, 11) is 1.16. The van der Waals surface area contributed by atoms with E-state index in [4.69, 9.17) is 23.5 Å². The number of alkyl halides is 3. The smallest absolute Gasteiger partial charge is 0.417 e. The van der Waals surface area contributed by atoms with E-state index in [1.807, 2.05) is 13.0 Å². The molecule has 0 spiro atoms. The van der Waals surface area contributed by atoms with Gasteiger partial charge in [-0.1, -0.05) is 69.5 Å². The number of hydrogen-bond acceptors (Lipinski definition) is 12. The first-order chi connectivity index (χ1) is 31.5. The minimum atomic E-state index is -4.96. The summed E-state index contributed by atoms with van der Waals surface area (Å²) in [6.07, 6.45) is -2.88. The van der Waals surface area contributed by atoms with E-state index in [1.54, 1.807) is 38.1 Å². The number of unbranched alkanes of at least 4 members (excludes halogenated alkanes) is 2. The normalized spacial score (nSPS) is 12.4. The van der Waals surface area contributed by atoms with Crippen LogP contribution in [0.5, 0.6) is 11.5 Å². The van der Waals surface area contributed by atoms with E-state index in [0.717, 1.165) is 31.2 Å². The summed E-state index contributed by atoms with van der Waals surface area (Å²) < 4.78 is 63.4. The first kappa shape index (κ1) is 51.5. The number of carbonyl (C=O) groups excluding carboxylic acids is 7. The van der Waals surface area contributed by atoms with E-state index in [2.05, 4.69) is 16.0 Å². The van der Waals surface area contributed by atoms with Gasteiger partial charge in [0.05, 0.1) is 49.0 Å². The molecule has 4 aromatic rings. The van der Waals surface area contributed by atoms with E-state index in [-0.39, 0.29) is 73.3 Å². The maximum Gasteiger partial charge on any atom is 0.417 e. The van der Waals surface area contributed by atoms with Gasteiger partial charge in [0.15, 0.2) is 5.76 Å². The van der Waals surface area contributed by atoms with Gasteiger partial charge in [0, 0.05) is 12.0 Å². The standard InChI is InChI=1S/C47H53F3N4O12/c1-6-9-11-16-34(38(7-2)54(28-55)66-45(60)33-20-18-32(62-5)25-36(33)47(48,49)50)42(57)51-27-52-44(59)40-22-21-39(65-40)31-17-19-35(41(24-31)63-8-3)43(58)53-37(23-29(4)56)46(61)64-26-30-14-12-10-13-15-30/h10,12-15,17-22,24-25,28,34,37-38H,6-9,11,16,23,26-27H2,1-5H3,(H,51,57)(H,52,59)(H,53,58)/t34-,37+,38-/m1/s1. The van der Waals surface area contributed by atoms with Gasteiger partial charge in [-0.3, -0.25) is 24.0 Å². The summed E-state index contributed by atoms with van der Waals surface area (Å²) in [6.45, 7) is 6.22. The van der Waals surface area contributed by atoms with Crippen LogP contribution in [0.1, 0.15) is 109 Å². The number of nitrogens with zero attached hydrogens (tertiary/aromatic N) is 1. The number of ether oxygens (including phenoxy) is 3. The molecule has 1 heterocycles. The van der Waals surface area contributed by atoms with Crippen molar-refractivity contribution in [2.45, 2.75) is 91.1 Å². The molecular formula is C47H53F3N4O12. The highest BCUT2D eigenvalue weighted by Crippen LogP contribution is 2.35. The van der Waals surface area contributed by atoms with E-state index in [0.29, 0.717) is 29.5 Å². The van der Waals surface area contributed by atoms with Crippen molar-refractivity contribution in [3.63, 3.8) is 0 Å². The molecule has 0 aliphatic rings. The lowest BCUT2D eigenvalue weighted by atomic mass is 9.90. The van der Waals surface area contributed by atoms with E-state index in [1.165, 1.54) is 37.3 Å². The Morgan fingerprint density at radius 3 is 2.23 bits per heavy atom. The van der Waals surface area contributed by atoms with Gasteiger partial charge < -0.3 is 39.4 Å². The van der Waals surface area contributed by atoms with Gasteiger partial charge in [0.1, 0.15) is 35.7 Å². The van der Waals surface area contributed by atoms with Gasteiger partial charge in [0.2, 0.25) is 12.3 Å². The molecule has 66 heavy (non-hydrogen) atoms. The van der Waals surface area contributed by atoms with Crippen LogP contribution < -0.4 is 25.4 Å². The van der Waals surface area contributed by atoms with Crippen molar-refractivity contribution in [3.05, 3.63) is 107 Å². The number of methoxy groups -OCH3 is 1. The number of hydrogen-bond donors (Lipinski definition) is 3. The van der Waals surface area contributed by atoms with Gasteiger partial charge in [-0.25, -0.2) is 9.59 Å². The predicted octanol–water partition coefficient (Wildman–Crippen LogP) is 7.20. The first-order valence-electron chi connectivity index (χ1n) is 21.2. The number of benzene rings is 3. The van der Waals surface area contributed by atoms with Crippen molar-refractivity contribution in [2.24, 2.45) is 5.92 Å². The number of halogens is 3. The Balaban J connectivity index is 1.43. The number of amides is 4. The van der Waals surface area contributed by atoms with Crippen LogP contribution in [-0.2, 0) is 41.5 Å². The molecule has 0 saturated heterocycles. The number of rotatable bonds is 25. The highest BCUT2D eigenvalue weighted by molar-refractivity contribution is 6.00. The molecule has 0 aliphatic carbocycles. The average molecular weight is 923 g/mol. The van der Waals surface area contributed by atoms with Gasteiger partial charge >= 0.3 is 18.1 Å². The molecule has 1 aromatic heterocycles. The highest BCUT2D eigenvalue weighted by Gasteiger charge is 2.39. The number of Topliss-reactive ketones (excluding diaryl/α,β-unsaturated/α-hetero) is 1. The molecule has 4 amide bonds. The third-order valence-electron chi connectivity index (χ3n) is 10.2. The summed E-state index contributed by atoms with van der Waals surface area (Å²) in [5.41, 5.74) is -1.03. The number of hydroxylamine groups is 2. The largest absolute Gasteiger partial charge is 0.497 e. The third kappa shape index (κ3) is 14.4. The monoisotopic (exact) mass is 922 g/mol. The van der Waals surface area contributed by atoms with E-state index >= 15 is 0 Å². The topological polar surface area (TPSA) is 209 Å². The van der Waals surface area contributed by atoms with Crippen LogP contribution in [0.3, 0.4) is 0 Å². The Morgan fingerprint density at radius 1 is 0.864 bits per heavy atom. The van der Waals surface area contributed by atoms with Crippen LogP contribution in [0.15, 0.2) is 83.3 Å². The molecule has 16 nitrogen and oxygen atoms in total. The zero-order chi connectivity index (χ0) is 48.4. The lowest BCUT2D eigenvalue weighted by Gasteiger charge is -2.32. The van der Waals surface area contributed by atoms with Crippen molar-refractivity contribution in [3.8, 4) is 22.8 Å². The molecule has 0 bridgehead atoms. The molecule has 3 atom stereocenters. The van der Waals surface area contributed by atoms with Crippen LogP contribution in [0, 0.1) is 5.92 Å². The molecule has 354 valence electrons. The number of carbonyl (C=O) groups is 7. The molecule has 4 rings (SSSR count). The van der Waals surface area contributed by atoms with Crippen molar-refractivity contribution in [1.29, 1.82) is 0 Å². The lowest BCUT2D eigenvalue weighted by Crippen LogP contribution is -2.49. The molecule has 0 unspecified atom stereocenters. The van der Waals surface area contributed by atoms with Gasteiger partial charge in [-0.05, 0) is 74.7 Å². The number of esters is 1. The Hall–Kier alpha value is -7.18. The van der Waals surface area contributed by atoms with Gasteiger partial charge in [-0.15, -0.1) is 0 Å². The fraction of sp³-hybridized carbons (Fsp3) is 0.383. The lowest BCUT2D eigenvalue weighted by molar-refractivity contribution is -0.171. The summed E-state index contributed by atoms with van der Waals surface area (Å²) in [4.78, 5) is 95.8. The molecular weight excluding hydrogens is 870 g/mol. The minimum absolute atomic E-state index is 0.0471. The molecule has 0 saturated carbocycles. The second kappa shape index (κ2) is 24.8. The molecule has 19 heteroatoms. The maximum atomic E-state index is 13.9. The quantitative estimate of drug-likeness (QED) is 0.0198. The Bertz CT molecular complexity index is 2320. The molecule has 3 aromatic carbocycles. The van der Waals surface area contributed by atoms with Crippen molar-refractivity contribution in [2.75, 3.05) is 20.4 Å². The summed E-state index contributed by atoms with van der Waals surface area (Å²) in [5.74, 6) is -5.68. The first-order valence-corrected chi connectivity index (χ1v) is 21.2. The molecule has 0 radical (unpaired) electrons. The Kier molecular flexibility index (Phi) is 19.3. The van der Waals surface area contributed by atoms with Crippen LogP contribution >= 0.6 is 0 Å². The Morgan fingerprint density at radius 2 is 1.59 bits per heavy atom. The number of ketones is 1. The average Bonchev–Trinajstić information content (AvgIpc) is 3.80. The van der Waals surface area contributed by atoms with Crippen LogP contribution in [0.25, 0.3) is 11.3 Å². The van der Waals surface area contributed by atoms with Crippen LogP contribution in [-0.4, -0.2) is 79.4 Å². The van der Waals surface area contributed by atoms with Crippen molar-refractivity contribution < 1.29 is 70.2 Å². The van der Waals surface area contributed by atoms with E-state index < -0.39 is 71.6 Å². The second-order valence-electron chi connectivity index (χ2n) is 14.9. The van der Waals surface area contributed by atoms with Gasteiger partial charge in [0.25, 0.3) is 11.8 Å². The summed E-state index contributed by atoms with van der Waals surface area (Å²) >= 11 is 0. The third-order valence-corrected chi connectivity index (χ3v) is 10.2. The SMILES string of the molecule is CCCCC[C@@H](C(=O)NCNC(=O)c1ccc(-c2ccc(C(=O)N[C@@H](CC(C)=O)C(=O)OCc3ccccc3)c(OCC)c2)o1)[C@@H](CC)N(C=O)OC(=O)c1ccc(OC)cc1C(F)(F)F. The fourth-order valence-corrected chi connectivity index (χ4v) is 6.86. The number of furan rings is 1. The van der Waals surface area contributed by atoms with E-state index in [9.17, 15) is 46.7 Å². The molecule has 0 fully saturated rings. The van der Waals surface area contributed by atoms with Gasteiger partial charge in [-0.2, -0.15) is 18.2 Å². The summed E-state index contributed by atoms with van der Waals surface area (Å²) in [6, 6.07) is 16.5. The fourth-order valence-electron chi connectivity index (χ4n) is 6.86. The highest BCUT2D eigenvalue weighted by atomic mass is 19.4. The van der Waals surface area contributed by atoms with Crippen LogP contribution in [0.4, 0.5) is 13.2 Å². The number of nitrogens with one attached hydrogen (secondary N) is 3. The zero-order valence-corrected chi connectivity index (χ0v) is 37.2. The second-order valence-corrected chi connectivity index (χ2v) is 14.9. The van der Waals surface area contributed by atoms with Crippen molar-refractivity contribution in [1.82, 2.24) is 21.0 Å². The maximum absolute atomic E-state index is 13.9. The van der Waals surface area contributed by atoms with Crippen molar-refractivity contribution >= 4 is 41.9 Å². The Labute approximate surface area is 379 Å². The molecule has 3 N–H and O–H groups in total. The minimum Gasteiger partial charge on any atom is -0.497 e. The molecule has 0 aliphatic heterocycles. The predicted molar refractivity (Wildman–Crippen MR) is 232 cm³/mol. The zero-order valence-electron chi connectivity index (χ0n) is 37.2. The van der Waals surface area contributed by atoms with Crippen LogP contribution in [0.2, 0.25) is 0 Å². The summed E-state index contributed by atoms with van der Waals surface area (Å²) in [5, 5.41) is 8.23.